The number of rotatable bonds is 4. The van der Waals surface area contributed by atoms with Crippen molar-refractivity contribution >= 4 is 27.4 Å². The Morgan fingerprint density at radius 1 is 1.27 bits per heavy atom. The van der Waals surface area contributed by atoms with E-state index in [0.29, 0.717) is 5.82 Å². The van der Waals surface area contributed by atoms with Gasteiger partial charge in [-0.1, -0.05) is 0 Å². The van der Waals surface area contributed by atoms with Crippen LogP contribution in [0.2, 0.25) is 0 Å². The van der Waals surface area contributed by atoms with Crippen molar-refractivity contribution in [2.45, 2.75) is 26.9 Å². The second-order valence-electron chi connectivity index (χ2n) is 5.05. The first-order valence-electron chi connectivity index (χ1n) is 6.70. The molecule has 0 fully saturated rings. The van der Waals surface area contributed by atoms with E-state index < -0.39 is 6.55 Å². The fraction of sp³-hybridized carbons (Fsp3) is 0.357. The zero-order valence-electron chi connectivity index (χ0n) is 12.4. The van der Waals surface area contributed by atoms with Crippen LogP contribution >= 0.6 is 11.3 Å². The summed E-state index contributed by atoms with van der Waals surface area (Å²) in [7, 11) is 1.82. The third kappa shape index (κ3) is 2.43. The topological polar surface area (TPSA) is 46.8 Å². The number of hydrogen-bond acceptors (Lipinski definition) is 5. The van der Waals surface area contributed by atoms with E-state index in [0.717, 1.165) is 26.2 Å². The third-order valence-electron chi connectivity index (χ3n) is 3.64. The van der Waals surface area contributed by atoms with Crippen LogP contribution in [0.25, 0.3) is 10.2 Å². The molecule has 0 unspecified atom stereocenters. The van der Waals surface area contributed by atoms with Crippen LogP contribution in [-0.4, -0.2) is 26.6 Å². The quantitative estimate of drug-likeness (QED) is 0.737. The molecule has 3 aromatic rings. The zero-order chi connectivity index (χ0) is 15.9. The van der Waals surface area contributed by atoms with Crippen LogP contribution in [0.1, 0.15) is 22.8 Å². The van der Waals surface area contributed by atoms with Gasteiger partial charge in [-0.25, -0.2) is 15.0 Å². The number of hydrogen-bond donors (Lipinski definition) is 0. The number of aromatic nitrogens is 4. The standard InChI is InChI=1S/C14H15F2N5S/c1-8-9(2)22-13-11(8)12(18-7-19-13)20(3)6-10-17-4-5-21(10)14(15)16/h4-5,7,14H,6H2,1-3H3. The highest BCUT2D eigenvalue weighted by Crippen LogP contribution is 2.34. The molecule has 0 saturated carbocycles. The molecule has 3 heterocycles. The molecule has 116 valence electrons. The van der Waals surface area contributed by atoms with Crippen molar-refractivity contribution in [3.63, 3.8) is 0 Å². The maximum absolute atomic E-state index is 12.9. The molecule has 0 amide bonds. The fourth-order valence-electron chi connectivity index (χ4n) is 2.38. The average molecular weight is 323 g/mol. The lowest BCUT2D eigenvalue weighted by Gasteiger charge is -2.19. The zero-order valence-corrected chi connectivity index (χ0v) is 13.2. The molecular weight excluding hydrogens is 308 g/mol. The lowest BCUT2D eigenvalue weighted by molar-refractivity contribution is 0.0670. The number of aryl methyl sites for hydroxylation is 2. The van der Waals surface area contributed by atoms with Crippen LogP contribution < -0.4 is 4.90 Å². The molecule has 8 heteroatoms. The summed E-state index contributed by atoms with van der Waals surface area (Å²) < 4.78 is 26.7. The molecule has 0 spiro atoms. The van der Waals surface area contributed by atoms with E-state index in [4.69, 9.17) is 0 Å². The highest BCUT2D eigenvalue weighted by molar-refractivity contribution is 7.18. The molecule has 0 aromatic carbocycles. The van der Waals surface area contributed by atoms with Gasteiger partial charge >= 0.3 is 6.55 Å². The van der Waals surface area contributed by atoms with E-state index in [1.54, 1.807) is 11.3 Å². The second kappa shape index (κ2) is 5.60. The Morgan fingerprint density at radius 2 is 2.05 bits per heavy atom. The highest BCUT2D eigenvalue weighted by Gasteiger charge is 2.18. The maximum Gasteiger partial charge on any atom is 0.319 e. The van der Waals surface area contributed by atoms with Gasteiger partial charge < -0.3 is 4.90 Å². The predicted octanol–water partition coefficient (Wildman–Crippen LogP) is 3.54. The molecule has 5 nitrogen and oxygen atoms in total. The lowest BCUT2D eigenvalue weighted by atomic mass is 10.2. The van der Waals surface area contributed by atoms with Crippen LogP contribution in [-0.2, 0) is 6.54 Å². The van der Waals surface area contributed by atoms with E-state index in [1.807, 2.05) is 25.8 Å². The number of halogens is 2. The van der Waals surface area contributed by atoms with Crippen LogP contribution in [0, 0.1) is 13.8 Å². The van der Waals surface area contributed by atoms with E-state index >= 15 is 0 Å². The third-order valence-corrected chi connectivity index (χ3v) is 4.76. The van der Waals surface area contributed by atoms with Crippen LogP contribution in [0.5, 0.6) is 0 Å². The molecule has 0 aliphatic heterocycles. The molecule has 0 radical (unpaired) electrons. The van der Waals surface area contributed by atoms with Gasteiger partial charge in [-0.15, -0.1) is 11.3 Å². The Hall–Kier alpha value is -2.09. The SMILES string of the molecule is Cc1sc2ncnc(N(C)Cc3nccn3C(F)F)c2c1C. The highest BCUT2D eigenvalue weighted by atomic mass is 32.1. The van der Waals surface area contributed by atoms with Crippen molar-refractivity contribution in [3.8, 4) is 0 Å². The smallest absolute Gasteiger partial charge is 0.319 e. The van der Waals surface area contributed by atoms with Crippen molar-refractivity contribution in [3.05, 3.63) is 35.0 Å². The molecule has 3 aromatic heterocycles. The first-order chi connectivity index (χ1) is 10.5. The van der Waals surface area contributed by atoms with Crippen LogP contribution in [0.4, 0.5) is 14.6 Å². The number of nitrogens with zero attached hydrogens (tertiary/aromatic N) is 5. The Kier molecular flexibility index (Phi) is 3.78. The van der Waals surface area contributed by atoms with Gasteiger partial charge in [-0.2, -0.15) is 8.78 Å². The van der Waals surface area contributed by atoms with E-state index in [2.05, 4.69) is 15.0 Å². The monoisotopic (exact) mass is 323 g/mol. The minimum Gasteiger partial charge on any atom is -0.352 e. The van der Waals surface area contributed by atoms with Gasteiger partial charge in [0.2, 0.25) is 0 Å². The number of imidazole rings is 1. The molecule has 0 saturated heterocycles. The summed E-state index contributed by atoms with van der Waals surface area (Å²) in [4.78, 5) is 16.5. The molecule has 3 rings (SSSR count). The van der Waals surface area contributed by atoms with Crippen molar-refractivity contribution in [1.82, 2.24) is 19.5 Å². The Labute approximate surface area is 130 Å². The summed E-state index contributed by atoms with van der Waals surface area (Å²) >= 11 is 1.61. The van der Waals surface area contributed by atoms with E-state index in [1.165, 1.54) is 23.6 Å². The summed E-state index contributed by atoms with van der Waals surface area (Å²) in [6.07, 6.45) is 4.16. The number of anilines is 1. The Bertz CT molecular complexity index is 811. The predicted molar refractivity (Wildman–Crippen MR) is 82.5 cm³/mol. The molecule has 0 bridgehead atoms. The van der Waals surface area contributed by atoms with Gasteiger partial charge in [0.1, 0.15) is 22.8 Å². The molecular formula is C14H15F2N5S. The first kappa shape index (κ1) is 14.8. The molecule has 0 N–H and O–H groups in total. The molecule has 0 aliphatic carbocycles. The summed E-state index contributed by atoms with van der Waals surface area (Å²) in [5.74, 6) is 1.03. The summed E-state index contributed by atoms with van der Waals surface area (Å²) in [6.45, 7) is 1.71. The maximum atomic E-state index is 12.9. The van der Waals surface area contributed by atoms with Gasteiger partial charge in [-0.05, 0) is 19.4 Å². The van der Waals surface area contributed by atoms with Gasteiger partial charge in [0.15, 0.2) is 0 Å². The van der Waals surface area contributed by atoms with Gasteiger partial charge in [0.05, 0.1) is 11.9 Å². The average Bonchev–Trinajstić information content (AvgIpc) is 3.04. The number of alkyl halides is 2. The largest absolute Gasteiger partial charge is 0.352 e. The van der Waals surface area contributed by atoms with Crippen molar-refractivity contribution in [1.29, 1.82) is 0 Å². The number of fused-ring (bicyclic) bond motifs is 1. The molecule has 0 aliphatic rings. The minimum atomic E-state index is -2.60. The molecule has 0 atom stereocenters. The summed E-state index contributed by atoms with van der Waals surface area (Å²) in [5.41, 5.74) is 1.12. The Balaban J connectivity index is 1.99. The van der Waals surface area contributed by atoms with Crippen molar-refractivity contribution in [2.24, 2.45) is 0 Å². The Morgan fingerprint density at radius 3 is 2.77 bits per heavy atom. The fourth-order valence-corrected chi connectivity index (χ4v) is 3.38. The second-order valence-corrected chi connectivity index (χ2v) is 6.25. The molecule has 22 heavy (non-hydrogen) atoms. The van der Waals surface area contributed by atoms with Crippen LogP contribution in [0.3, 0.4) is 0 Å². The summed E-state index contributed by atoms with van der Waals surface area (Å²) in [6, 6.07) is 0. The van der Waals surface area contributed by atoms with Gasteiger partial charge in [0.25, 0.3) is 0 Å². The minimum absolute atomic E-state index is 0.248. The van der Waals surface area contributed by atoms with E-state index in [9.17, 15) is 8.78 Å². The summed E-state index contributed by atoms with van der Waals surface area (Å²) in [5, 5.41) is 0.975. The van der Waals surface area contributed by atoms with Crippen molar-refractivity contribution in [2.75, 3.05) is 11.9 Å². The van der Waals surface area contributed by atoms with Crippen LogP contribution in [0.15, 0.2) is 18.7 Å². The lowest BCUT2D eigenvalue weighted by Crippen LogP contribution is -2.21. The van der Waals surface area contributed by atoms with E-state index in [-0.39, 0.29) is 6.54 Å². The van der Waals surface area contributed by atoms with Gasteiger partial charge in [0, 0.05) is 24.3 Å². The number of thiophene rings is 1. The normalized spacial score (nSPS) is 11.5. The van der Waals surface area contributed by atoms with Gasteiger partial charge in [-0.3, -0.25) is 4.57 Å². The first-order valence-corrected chi connectivity index (χ1v) is 7.52. The van der Waals surface area contributed by atoms with Crippen molar-refractivity contribution < 1.29 is 8.78 Å².